The number of nitrogens with zero attached hydrogens (tertiary/aromatic N) is 2. The van der Waals surface area contributed by atoms with Gasteiger partial charge in [0.1, 0.15) is 11.9 Å². The van der Waals surface area contributed by atoms with Crippen LogP contribution in [0.5, 0.6) is 5.75 Å². The summed E-state index contributed by atoms with van der Waals surface area (Å²) in [6.45, 7) is 2.81. The summed E-state index contributed by atoms with van der Waals surface area (Å²) in [5.74, 6) is 0.263. The van der Waals surface area contributed by atoms with E-state index in [0.29, 0.717) is 10.7 Å². The first-order chi connectivity index (χ1) is 11.5. The van der Waals surface area contributed by atoms with Gasteiger partial charge in [0.2, 0.25) is 0 Å². The first-order valence-electron chi connectivity index (χ1n) is 8.21. The summed E-state index contributed by atoms with van der Waals surface area (Å²) >= 11 is 5.99. The Kier molecular flexibility index (Phi) is 5.09. The van der Waals surface area contributed by atoms with E-state index in [4.69, 9.17) is 16.3 Å². The van der Waals surface area contributed by atoms with E-state index in [0.717, 1.165) is 36.1 Å². The zero-order valence-corrected chi connectivity index (χ0v) is 15.0. The highest BCUT2D eigenvalue weighted by molar-refractivity contribution is 6.30. The van der Waals surface area contributed by atoms with Gasteiger partial charge in [-0.15, -0.1) is 0 Å². The molecule has 0 amide bonds. The molecule has 2 unspecified atom stereocenters. The van der Waals surface area contributed by atoms with Gasteiger partial charge in [-0.2, -0.15) is 0 Å². The number of ether oxygens (including phenoxy) is 1. The average Bonchev–Trinajstić information content (AvgIpc) is 2.91. The lowest BCUT2D eigenvalue weighted by atomic mass is 9.96. The largest absolute Gasteiger partial charge is 0.506 e. The molecule has 2 aromatic rings. The first-order valence-corrected chi connectivity index (χ1v) is 8.59. The van der Waals surface area contributed by atoms with Crippen LogP contribution in [0.15, 0.2) is 30.5 Å². The Balaban J connectivity index is 1.92. The van der Waals surface area contributed by atoms with E-state index < -0.39 is 0 Å². The molecule has 0 bridgehead atoms. The molecule has 1 aliphatic heterocycles. The third kappa shape index (κ3) is 3.41. The quantitative estimate of drug-likeness (QED) is 0.879. The molecule has 1 aliphatic rings. The fourth-order valence-electron chi connectivity index (χ4n) is 3.18. The van der Waals surface area contributed by atoms with Crippen molar-refractivity contribution in [3.63, 3.8) is 0 Å². The van der Waals surface area contributed by atoms with Crippen LogP contribution in [0.3, 0.4) is 0 Å². The fourth-order valence-corrected chi connectivity index (χ4v) is 3.31. The molecular weight excluding hydrogens is 324 g/mol. The van der Waals surface area contributed by atoms with Crippen LogP contribution in [0.4, 0.5) is 0 Å². The number of aromatic nitrogens is 1. The van der Waals surface area contributed by atoms with Crippen molar-refractivity contribution in [1.29, 1.82) is 0 Å². The minimum atomic E-state index is -0.208. The third-order valence-electron chi connectivity index (χ3n) is 4.46. The van der Waals surface area contributed by atoms with E-state index in [1.165, 1.54) is 0 Å². The molecule has 3 rings (SSSR count). The summed E-state index contributed by atoms with van der Waals surface area (Å²) < 4.78 is 6.31. The maximum Gasteiger partial charge on any atom is 0.142 e. The van der Waals surface area contributed by atoms with Crippen molar-refractivity contribution in [3.05, 3.63) is 57.9 Å². The molecule has 5 heteroatoms. The van der Waals surface area contributed by atoms with Crippen molar-refractivity contribution in [3.8, 4) is 5.75 Å². The smallest absolute Gasteiger partial charge is 0.142 e. The molecule has 1 aromatic carbocycles. The summed E-state index contributed by atoms with van der Waals surface area (Å²) in [6, 6.07) is 7.66. The second kappa shape index (κ2) is 7.09. The zero-order valence-electron chi connectivity index (χ0n) is 14.3. The normalized spacial score (nSPS) is 19.7. The Morgan fingerprint density at radius 2 is 1.96 bits per heavy atom. The van der Waals surface area contributed by atoms with Crippen LogP contribution in [-0.4, -0.2) is 35.6 Å². The molecular formula is C19H23ClN2O2. The molecule has 128 valence electrons. The molecule has 1 aromatic heterocycles. The molecule has 0 spiro atoms. The van der Waals surface area contributed by atoms with Crippen molar-refractivity contribution >= 4 is 11.6 Å². The Bertz CT molecular complexity index is 716. The number of hydrogen-bond acceptors (Lipinski definition) is 4. The van der Waals surface area contributed by atoms with Crippen molar-refractivity contribution < 1.29 is 9.84 Å². The van der Waals surface area contributed by atoms with Crippen LogP contribution in [0, 0.1) is 6.92 Å². The molecule has 0 fully saturated rings. The fraction of sp³-hybridized carbons (Fsp3) is 0.421. The van der Waals surface area contributed by atoms with Crippen LogP contribution in [0.2, 0.25) is 5.02 Å². The molecule has 2 atom stereocenters. The number of aryl methyl sites for hydroxylation is 1. The lowest BCUT2D eigenvalue weighted by Crippen LogP contribution is -2.14. The van der Waals surface area contributed by atoms with Gasteiger partial charge in [-0.05, 0) is 58.1 Å². The topological polar surface area (TPSA) is 45.6 Å². The lowest BCUT2D eigenvalue weighted by molar-refractivity contribution is 0.0256. The monoisotopic (exact) mass is 346 g/mol. The molecule has 4 nitrogen and oxygen atoms in total. The highest BCUT2D eigenvalue weighted by atomic mass is 35.5. The standard InChI is InChI=1S/C19H23ClN2O2/c1-12-18(23)17-15(11-21-12)19(13-6-8-14(20)9-7-13)24-16(17)5-4-10-22(2)3/h6-9,11,16,19,23H,4-5,10H2,1-3H3. The van der Waals surface area contributed by atoms with E-state index >= 15 is 0 Å². The van der Waals surface area contributed by atoms with Gasteiger partial charge in [-0.3, -0.25) is 4.98 Å². The molecule has 0 radical (unpaired) electrons. The summed E-state index contributed by atoms with van der Waals surface area (Å²) in [5.41, 5.74) is 3.52. The molecule has 0 aliphatic carbocycles. The van der Waals surface area contributed by atoms with E-state index in [1.807, 2.05) is 37.4 Å². The van der Waals surface area contributed by atoms with Crippen molar-refractivity contribution in [2.24, 2.45) is 0 Å². The number of rotatable bonds is 5. The predicted octanol–water partition coefficient (Wildman–Crippen LogP) is 4.25. The lowest BCUT2D eigenvalue weighted by Gasteiger charge is -2.16. The number of fused-ring (bicyclic) bond motifs is 1. The van der Waals surface area contributed by atoms with E-state index in [-0.39, 0.29) is 18.0 Å². The van der Waals surface area contributed by atoms with Crippen molar-refractivity contribution in [2.45, 2.75) is 32.0 Å². The number of benzene rings is 1. The zero-order chi connectivity index (χ0) is 17.3. The minimum Gasteiger partial charge on any atom is -0.506 e. The Morgan fingerprint density at radius 1 is 1.25 bits per heavy atom. The highest BCUT2D eigenvalue weighted by Crippen LogP contribution is 2.48. The van der Waals surface area contributed by atoms with Gasteiger partial charge in [-0.1, -0.05) is 23.7 Å². The van der Waals surface area contributed by atoms with Gasteiger partial charge in [0, 0.05) is 22.3 Å². The van der Waals surface area contributed by atoms with Gasteiger partial charge >= 0.3 is 0 Å². The van der Waals surface area contributed by atoms with Crippen LogP contribution in [0.25, 0.3) is 0 Å². The van der Waals surface area contributed by atoms with Gasteiger partial charge in [-0.25, -0.2) is 0 Å². The average molecular weight is 347 g/mol. The van der Waals surface area contributed by atoms with Gasteiger partial charge in [0.15, 0.2) is 0 Å². The van der Waals surface area contributed by atoms with E-state index in [2.05, 4.69) is 24.0 Å². The molecule has 2 heterocycles. The second-order valence-corrected chi connectivity index (χ2v) is 7.00. The first kappa shape index (κ1) is 17.2. The van der Waals surface area contributed by atoms with Crippen LogP contribution < -0.4 is 0 Å². The SMILES string of the molecule is Cc1ncc2c(c1O)C(CCCN(C)C)OC2c1ccc(Cl)cc1. The number of pyridine rings is 1. The highest BCUT2D eigenvalue weighted by Gasteiger charge is 2.35. The number of aromatic hydroxyl groups is 1. The number of hydrogen-bond donors (Lipinski definition) is 1. The Labute approximate surface area is 148 Å². The summed E-state index contributed by atoms with van der Waals surface area (Å²) in [4.78, 5) is 6.48. The summed E-state index contributed by atoms with van der Waals surface area (Å²) in [5, 5.41) is 11.2. The second-order valence-electron chi connectivity index (χ2n) is 6.56. The van der Waals surface area contributed by atoms with Crippen LogP contribution in [0.1, 0.15) is 47.4 Å². The molecule has 24 heavy (non-hydrogen) atoms. The van der Waals surface area contributed by atoms with E-state index in [1.54, 1.807) is 0 Å². The number of halogens is 1. The van der Waals surface area contributed by atoms with E-state index in [9.17, 15) is 5.11 Å². The third-order valence-corrected chi connectivity index (χ3v) is 4.71. The molecule has 0 saturated carbocycles. The van der Waals surface area contributed by atoms with Crippen LogP contribution >= 0.6 is 11.6 Å². The predicted molar refractivity (Wildman–Crippen MR) is 95.5 cm³/mol. The van der Waals surface area contributed by atoms with Gasteiger partial charge in [0.05, 0.1) is 11.8 Å². The minimum absolute atomic E-state index is 0.109. The maximum absolute atomic E-state index is 10.5. The molecule has 1 N–H and O–H groups in total. The van der Waals surface area contributed by atoms with Crippen molar-refractivity contribution in [2.75, 3.05) is 20.6 Å². The maximum atomic E-state index is 10.5. The van der Waals surface area contributed by atoms with Gasteiger partial charge in [0.25, 0.3) is 0 Å². The Hall–Kier alpha value is -1.62. The van der Waals surface area contributed by atoms with Crippen LogP contribution in [-0.2, 0) is 4.74 Å². The summed E-state index contributed by atoms with van der Waals surface area (Å²) in [6.07, 6.45) is 3.38. The van der Waals surface area contributed by atoms with Gasteiger partial charge < -0.3 is 14.7 Å². The molecule has 0 saturated heterocycles. The summed E-state index contributed by atoms with van der Waals surface area (Å²) in [7, 11) is 4.12. The van der Waals surface area contributed by atoms with Crippen molar-refractivity contribution in [1.82, 2.24) is 9.88 Å². The Morgan fingerprint density at radius 3 is 2.62 bits per heavy atom.